The number of carbonyl (C=O) groups excluding carboxylic acids is 1. The first kappa shape index (κ1) is 55.6. The highest BCUT2D eigenvalue weighted by Gasteiger charge is 2.59. The standard InChI is InChI=1S/C54H100NO8P/c1-10-11-12-13-14-15-16-17-18-19-20-21-22-23-24-25-38-59-47(42-62-64(57,58)61-39-37-55(7,8)9)41-60-52(56)63-46-33-35-53(5)45(40-46)29-30-48-50-32-31-49(44(4)28-26-27-43(2)3)54(50,6)36-34-51(48)53/h29,43-44,46-51H,10-28,30-42H2,1-9H3/t44-,46+,47?,48+,49-,50+,51+,53+,54-/m1/s1. The van der Waals surface area contributed by atoms with Crippen molar-refractivity contribution in [2.75, 3.05) is 54.1 Å². The lowest BCUT2D eigenvalue weighted by atomic mass is 9.47. The first-order valence-electron chi connectivity index (χ1n) is 27.0. The molecule has 0 heterocycles. The number of rotatable bonds is 33. The third kappa shape index (κ3) is 18.5. The molecule has 9 nitrogen and oxygen atoms in total. The van der Waals surface area contributed by atoms with Crippen LogP contribution in [0.25, 0.3) is 0 Å². The summed E-state index contributed by atoms with van der Waals surface area (Å²) < 4.78 is 41.3. The predicted octanol–water partition coefficient (Wildman–Crippen LogP) is 14.4. The number of hydrogen-bond acceptors (Lipinski definition) is 8. The smallest absolute Gasteiger partial charge is 0.508 e. The molecule has 4 aliphatic carbocycles. The number of likely N-dealkylation sites (N-methyl/N-ethyl adjacent to an activating group) is 1. The number of unbranched alkanes of at least 4 members (excludes halogenated alkanes) is 15. The molecule has 2 unspecified atom stereocenters. The van der Waals surface area contributed by atoms with Crippen LogP contribution in [0.5, 0.6) is 0 Å². The van der Waals surface area contributed by atoms with Crippen molar-refractivity contribution in [3.63, 3.8) is 0 Å². The highest BCUT2D eigenvalue weighted by molar-refractivity contribution is 7.45. The van der Waals surface area contributed by atoms with Crippen molar-refractivity contribution in [2.45, 2.75) is 227 Å². The van der Waals surface area contributed by atoms with Gasteiger partial charge in [0.05, 0.1) is 27.7 Å². The molecule has 4 rings (SSSR count). The minimum absolute atomic E-state index is 0.0223. The van der Waals surface area contributed by atoms with Crippen molar-refractivity contribution < 1.29 is 42.0 Å². The maximum absolute atomic E-state index is 13.2. The summed E-state index contributed by atoms with van der Waals surface area (Å²) in [5.74, 6) is 4.73. The maximum atomic E-state index is 13.2. The number of carbonyl (C=O) groups is 1. The molecular formula is C54H100NO8P. The molecule has 64 heavy (non-hydrogen) atoms. The fraction of sp³-hybridized carbons (Fsp3) is 0.944. The van der Waals surface area contributed by atoms with Crippen molar-refractivity contribution in [3.8, 4) is 0 Å². The predicted molar refractivity (Wildman–Crippen MR) is 261 cm³/mol. The number of allylic oxidation sites excluding steroid dienone is 1. The average molecular weight is 922 g/mol. The molecule has 0 aromatic carbocycles. The van der Waals surface area contributed by atoms with Crippen molar-refractivity contribution in [1.82, 2.24) is 0 Å². The second-order valence-electron chi connectivity index (χ2n) is 23.2. The van der Waals surface area contributed by atoms with Crippen LogP contribution in [0.2, 0.25) is 0 Å². The van der Waals surface area contributed by atoms with Crippen molar-refractivity contribution in [3.05, 3.63) is 11.6 Å². The van der Waals surface area contributed by atoms with Gasteiger partial charge in [0.1, 0.15) is 32.0 Å². The normalized spacial score (nSPS) is 28.7. The van der Waals surface area contributed by atoms with Crippen LogP contribution < -0.4 is 4.89 Å². The van der Waals surface area contributed by atoms with Crippen molar-refractivity contribution in [1.29, 1.82) is 0 Å². The number of phosphoric ester groups is 1. The van der Waals surface area contributed by atoms with E-state index in [1.807, 2.05) is 21.1 Å². The highest BCUT2D eigenvalue weighted by Crippen LogP contribution is 2.67. The quantitative estimate of drug-likeness (QED) is 0.0211. The second kappa shape index (κ2) is 27.9. The van der Waals surface area contributed by atoms with E-state index in [1.54, 1.807) is 0 Å². The van der Waals surface area contributed by atoms with Crippen LogP contribution in [0.3, 0.4) is 0 Å². The molecular weight excluding hydrogens is 822 g/mol. The van der Waals surface area contributed by atoms with E-state index in [4.69, 9.17) is 23.3 Å². The van der Waals surface area contributed by atoms with Gasteiger partial charge in [0.2, 0.25) is 0 Å². The summed E-state index contributed by atoms with van der Waals surface area (Å²) in [5.41, 5.74) is 2.10. The fourth-order valence-electron chi connectivity index (χ4n) is 12.8. The van der Waals surface area contributed by atoms with Gasteiger partial charge in [-0.1, -0.05) is 169 Å². The molecule has 10 atom stereocenters. The first-order chi connectivity index (χ1) is 30.5. The lowest BCUT2D eigenvalue weighted by molar-refractivity contribution is -0.870. The Labute approximate surface area is 393 Å². The Balaban J connectivity index is 1.19. The largest absolute Gasteiger partial charge is 0.756 e. The number of quaternary nitrogens is 1. The Morgan fingerprint density at radius 2 is 1.39 bits per heavy atom. The van der Waals surface area contributed by atoms with Crippen molar-refractivity contribution >= 4 is 14.0 Å². The van der Waals surface area contributed by atoms with E-state index in [9.17, 15) is 14.3 Å². The van der Waals surface area contributed by atoms with Gasteiger partial charge < -0.3 is 32.6 Å². The maximum Gasteiger partial charge on any atom is 0.508 e. The number of hydrogen-bond donors (Lipinski definition) is 0. The molecule has 0 bridgehead atoms. The van der Waals surface area contributed by atoms with E-state index in [-0.39, 0.29) is 31.3 Å². The molecule has 10 heteroatoms. The minimum atomic E-state index is -4.56. The number of nitrogens with zero attached hydrogens (tertiary/aromatic N) is 1. The summed E-state index contributed by atoms with van der Waals surface area (Å²) in [7, 11) is 1.35. The highest BCUT2D eigenvalue weighted by atomic mass is 31.2. The lowest BCUT2D eigenvalue weighted by Gasteiger charge is -2.58. The third-order valence-electron chi connectivity index (χ3n) is 16.7. The minimum Gasteiger partial charge on any atom is -0.756 e. The van der Waals surface area contributed by atoms with Gasteiger partial charge in [0.25, 0.3) is 7.82 Å². The molecule has 3 saturated carbocycles. The Morgan fingerprint density at radius 3 is 2.00 bits per heavy atom. The molecule has 0 spiro atoms. The second-order valence-corrected chi connectivity index (χ2v) is 24.6. The van der Waals surface area contributed by atoms with Gasteiger partial charge in [-0.2, -0.15) is 0 Å². The summed E-state index contributed by atoms with van der Waals surface area (Å²) in [6.07, 6.45) is 34.8. The van der Waals surface area contributed by atoms with Crippen LogP contribution in [-0.4, -0.2) is 77.0 Å². The van der Waals surface area contributed by atoms with Gasteiger partial charge in [-0.25, -0.2) is 4.79 Å². The summed E-state index contributed by atoms with van der Waals surface area (Å²) in [4.78, 5) is 25.8. The molecule has 0 aliphatic heterocycles. The molecule has 0 radical (unpaired) electrons. The fourth-order valence-corrected chi connectivity index (χ4v) is 13.5. The summed E-state index contributed by atoms with van der Waals surface area (Å²) in [6.45, 7) is 15.2. The number of ether oxygens (including phenoxy) is 3. The van der Waals surface area contributed by atoms with E-state index in [0.717, 1.165) is 74.5 Å². The Bertz CT molecular complexity index is 1400. The number of phosphoric acid groups is 1. The zero-order valence-corrected chi connectivity index (χ0v) is 43.9. The van der Waals surface area contributed by atoms with Gasteiger partial charge in [0, 0.05) is 13.0 Å². The molecule has 4 aliphatic rings. The van der Waals surface area contributed by atoms with Gasteiger partial charge in [0.15, 0.2) is 0 Å². The molecule has 374 valence electrons. The lowest BCUT2D eigenvalue weighted by Crippen LogP contribution is -2.51. The Kier molecular flexibility index (Phi) is 24.2. The van der Waals surface area contributed by atoms with E-state index < -0.39 is 20.1 Å². The van der Waals surface area contributed by atoms with Crippen LogP contribution in [0.1, 0.15) is 215 Å². The van der Waals surface area contributed by atoms with Crippen LogP contribution in [0.15, 0.2) is 11.6 Å². The van der Waals surface area contributed by atoms with Gasteiger partial charge >= 0.3 is 6.16 Å². The van der Waals surface area contributed by atoms with E-state index >= 15 is 0 Å². The van der Waals surface area contributed by atoms with Crippen LogP contribution in [0.4, 0.5) is 4.79 Å². The van der Waals surface area contributed by atoms with Crippen molar-refractivity contribution in [2.24, 2.45) is 46.3 Å². The summed E-state index contributed by atoms with van der Waals surface area (Å²) in [6, 6.07) is 0. The third-order valence-corrected chi connectivity index (χ3v) is 17.7. The molecule has 0 saturated heterocycles. The van der Waals surface area contributed by atoms with E-state index in [0.29, 0.717) is 29.0 Å². The summed E-state index contributed by atoms with van der Waals surface area (Å²) >= 11 is 0. The first-order valence-corrected chi connectivity index (χ1v) is 28.5. The van der Waals surface area contributed by atoms with Gasteiger partial charge in [-0.3, -0.25) is 4.57 Å². The van der Waals surface area contributed by atoms with Gasteiger partial charge in [-0.15, -0.1) is 0 Å². The Hall–Kier alpha value is -0.960. The molecule has 0 aromatic rings. The van der Waals surface area contributed by atoms with E-state index in [1.165, 1.54) is 134 Å². The molecule has 0 N–H and O–H groups in total. The zero-order chi connectivity index (χ0) is 46.6. The van der Waals surface area contributed by atoms with Crippen LogP contribution >= 0.6 is 7.82 Å². The van der Waals surface area contributed by atoms with Gasteiger partial charge in [-0.05, 0) is 97.7 Å². The zero-order valence-electron chi connectivity index (χ0n) is 43.0. The average Bonchev–Trinajstić information content (AvgIpc) is 3.59. The molecule has 0 aromatic heterocycles. The monoisotopic (exact) mass is 922 g/mol. The Morgan fingerprint density at radius 1 is 0.766 bits per heavy atom. The van der Waals surface area contributed by atoms with Crippen LogP contribution in [-0.2, 0) is 27.8 Å². The SMILES string of the molecule is CCCCCCCCCCCCCCCCCCOC(COC(=O)O[C@H]1CC[C@@]2(C)C(=CC[C@H]3[C@@H]4CC[C@H]([C@H](C)CCCC(C)C)[C@@]4(C)CC[C@@H]32)C1)COP(=O)([O-])OCC[N+](C)(C)C. The van der Waals surface area contributed by atoms with Crippen LogP contribution in [0, 0.1) is 46.3 Å². The molecule has 0 amide bonds. The number of fused-ring (bicyclic) bond motifs is 5. The molecule has 3 fully saturated rings. The summed E-state index contributed by atoms with van der Waals surface area (Å²) in [5, 5.41) is 0. The van der Waals surface area contributed by atoms with E-state index in [2.05, 4.69) is 47.6 Å². The topological polar surface area (TPSA) is 103 Å².